The average Bonchev–Trinajstić information content (AvgIpc) is 3.21. The first-order valence-corrected chi connectivity index (χ1v) is 8.59. The molecule has 0 spiro atoms. The van der Waals surface area contributed by atoms with Crippen molar-refractivity contribution in [1.29, 1.82) is 0 Å². The molecule has 0 saturated carbocycles. The number of aromatic nitrogens is 4. The van der Waals surface area contributed by atoms with Gasteiger partial charge in [-0.15, -0.1) is 10.2 Å². The van der Waals surface area contributed by atoms with Crippen LogP contribution in [-0.4, -0.2) is 53.7 Å². The van der Waals surface area contributed by atoms with Crippen molar-refractivity contribution in [3.63, 3.8) is 0 Å². The minimum atomic E-state index is -0.397. The maximum Gasteiger partial charge on any atom is 0.263 e. The van der Waals surface area contributed by atoms with Gasteiger partial charge in [-0.1, -0.05) is 30.3 Å². The molecule has 0 saturated heterocycles. The third-order valence-corrected chi connectivity index (χ3v) is 3.86. The Bertz CT molecular complexity index is 978. The highest BCUT2D eigenvalue weighted by Gasteiger charge is 2.12. The highest BCUT2D eigenvalue weighted by molar-refractivity contribution is 5.84. The molecule has 0 bridgehead atoms. The van der Waals surface area contributed by atoms with Gasteiger partial charge < -0.3 is 14.2 Å². The van der Waals surface area contributed by atoms with Gasteiger partial charge in [-0.3, -0.25) is 4.79 Å². The Balaban J connectivity index is 1.62. The van der Waals surface area contributed by atoms with E-state index in [2.05, 4.69) is 25.9 Å². The van der Waals surface area contributed by atoms with E-state index in [-0.39, 0.29) is 6.54 Å². The van der Waals surface area contributed by atoms with E-state index in [4.69, 9.17) is 14.2 Å². The van der Waals surface area contributed by atoms with E-state index >= 15 is 0 Å². The molecule has 0 aliphatic rings. The van der Waals surface area contributed by atoms with Gasteiger partial charge in [0.05, 0.1) is 27.5 Å². The predicted molar refractivity (Wildman–Crippen MR) is 105 cm³/mol. The lowest BCUT2D eigenvalue weighted by atomic mass is 10.2. The van der Waals surface area contributed by atoms with E-state index in [9.17, 15) is 4.79 Å². The smallest absolute Gasteiger partial charge is 0.263 e. The molecule has 0 atom stereocenters. The summed E-state index contributed by atoms with van der Waals surface area (Å²) >= 11 is 0. The highest BCUT2D eigenvalue weighted by Crippen LogP contribution is 2.37. The van der Waals surface area contributed by atoms with Crippen LogP contribution >= 0.6 is 0 Å². The van der Waals surface area contributed by atoms with Crippen LogP contribution in [0.1, 0.15) is 5.56 Å². The fraction of sp³-hybridized carbons (Fsp3) is 0.211. The zero-order valence-corrected chi connectivity index (χ0v) is 16.2. The molecule has 2 aromatic carbocycles. The Hall–Kier alpha value is -3.95. The van der Waals surface area contributed by atoms with Crippen LogP contribution < -0.4 is 19.6 Å². The van der Waals surface area contributed by atoms with E-state index in [1.54, 1.807) is 12.1 Å². The summed E-state index contributed by atoms with van der Waals surface area (Å²) in [4.78, 5) is 13.3. The minimum Gasteiger partial charge on any atom is -0.493 e. The van der Waals surface area contributed by atoms with Crippen LogP contribution in [0, 0.1) is 0 Å². The molecule has 1 N–H and O–H groups in total. The summed E-state index contributed by atoms with van der Waals surface area (Å²) in [6, 6.07) is 12.8. The number of nitrogens with zero attached hydrogens (tertiary/aromatic N) is 5. The number of rotatable bonds is 8. The van der Waals surface area contributed by atoms with Crippen LogP contribution in [0.15, 0.2) is 47.6 Å². The van der Waals surface area contributed by atoms with Crippen molar-refractivity contribution in [3.8, 4) is 28.6 Å². The summed E-state index contributed by atoms with van der Waals surface area (Å²) in [7, 11) is 4.57. The molecule has 1 heterocycles. The zero-order chi connectivity index (χ0) is 20.6. The van der Waals surface area contributed by atoms with Crippen LogP contribution in [0.3, 0.4) is 0 Å². The molecular weight excluding hydrogens is 376 g/mol. The van der Waals surface area contributed by atoms with Gasteiger partial charge >= 0.3 is 0 Å². The minimum absolute atomic E-state index is 0.119. The lowest BCUT2D eigenvalue weighted by Gasteiger charge is -2.12. The number of carbonyl (C=O) groups is 1. The first-order valence-electron chi connectivity index (χ1n) is 8.59. The fourth-order valence-corrected chi connectivity index (χ4v) is 2.53. The summed E-state index contributed by atoms with van der Waals surface area (Å²) in [5.41, 5.74) is 3.90. The van der Waals surface area contributed by atoms with Gasteiger partial charge in [0, 0.05) is 11.1 Å². The molecule has 3 rings (SSSR count). The van der Waals surface area contributed by atoms with Gasteiger partial charge in [-0.05, 0) is 17.3 Å². The number of methoxy groups -OCH3 is 3. The summed E-state index contributed by atoms with van der Waals surface area (Å²) in [6.07, 6.45) is 1.46. The quantitative estimate of drug-likeness (QED) is 0.454. The van der Waals surface area contributed by atoms with Crippen LogP contribution in [0.4, 0.5) is 0 Å². The van der Waals surface area contributed by atoms with Gasteiger partial charge in [-0.2, -0.15) is 9.90 Å². The van der Waals surface area contributed by atoms with Crippen LogP contribution in [-0.2, 0) is 11.3 Å². The topological polar surface area (TPSA) is 113 Å². The van der Waals surface area contributed by atoms with Gasteiger partial charge in [0.15, 0.2) is 11.5 Å². The van der Waals surface area contributed by atoms with E-state index in [1.165, 1.54) is 32.3 Å². The number of hydrazone groups is 1. The molecule has 150 valence electrons. The lowest BCUT2D eigenvalue weighted by Crippen LogP contribution is -2.24. The maximum absolute atomic E-state index is 12.1. The number of tetrazole rings is 1. The zero-order valence-electron chi connectivity index (χ0n) is 16.2. The van der Waals surface area contributed by atoms with Crippen molar-refractivity contribution in [2.45, 2.75) is 6.54 Å². The molecule has 0 aliphatic carbocycles. The molecule has 10 heteroatoms. The standard InChI is InChI=1S/C19H20N6O4/c1-27-15-9-13(10-16(28-2)18(15)29-3)11-20-21-17(26)12-25-23-19(22-24-25)14-7-5-4-6-8-14/h4-11H,12H2,1-3H3,(H,21,26)/b20-11-. The predicted octanol–water partition coefficient (Wildman–Crippen LogP) is 1.52. The van der Waals surface area contributed by atoms with Crippen molar-refractivity contribution in [2.75, 3.05) is 21.3 Å². The maximum atomic E-state index is 12.1. The number of benzene rings is 2. The number of amides is 1. The van der Waals surface area contributed by atoms with Crippen molar-refractivity contribution in [3.05, 3.63) is 48.0 Å². The first kappa shape index (κ1) is 19.8. The fourth-order valence-electron chi connectivity index (χ4n) is 2.53. The lowest BCUT2D eigenvalue weighted by molar-refractivity contribution is -0.122. The monoisotopic (exact) mass is 396 g/mol. The van der Waals surface area contributed by atoms with Gasteiger partial charge in [0.2, 0.25) is 11.6 Å². The summed E-state index contributed by atoms with van der Waals surface area (Å²) in [5, 5.41) is 16.0. The number of hydrogen-bond donors (Lipinski definition) is 1. The van der Waals surface area contributed by atoms with Crippen molar-refractivity contribution >= 4 is 12.1 Å². The average molecular weight is 396 g/mol. The van der Waals surface area contributed by atoms with Gasteiger partial charge in [-0.25, -0.2) is 5.43 Å². The Morgan fingerprint density at radius 2 is 1.79 bits per heavy atom. The number of hydrogen-bond acceptors (Lipinski definition) is 8. The van der Waals surface area contributed by atoms with Crippen LogP contribution in [0.25, 0.3) is 11.4 Å². The van der Waals surface area contributed by atoms with Crippen molar-refractivity contribution < 1.29 is 19.0 Å². The second-order valence-electron chi connectivity index (χ2n) is 5.76. The summed E-state index contributed by atoms with van der Waals surface area (Å²) in [6.45, 7) is -0.119. The third-order valence-electron chi connectivity index (χ3n) is 3.86. The van der Waals surface area contributed by atoms with E-state index in [0.29, 0.717) is 28.6 Å². The second kappa shape index (κ2) is 9.31. The van der Waals surface area contributed by atoms with E-state index in [1.807, 2.05) is 30.3 Å². The van der Waals surface area contributed by atoms with E-state index < -0.39 is 5.91 Å². The Morgan fingerprint density at radius 1 is 1.10 bits per heavy atom. The second-order valence-corrected chi connectivity index (χ2v) is 5.76. The number of nitrogens with one attached hydrogen (secondary N) is 1. The van der Waals surface area contributed by atoms with Crippen molar-refractivity contribution in [2.24, 2.45) is 5.10 Å². The molecule has 3 aromatic rings. The molecular formula is C19H20N6O4. The number of carbonyl (C=O) groups excluding carboxylic acids is 1. The molecule has 0 fully saturated rings. The molecule has 1 aromatic heterocycles. The Morgan fingerprint density at radius 3 is 2.41 bits per heavy atom. The molecule has 0 aliphatic heterocycles. The van der Waals surface area contributed by atoms with Crippen molar-refractivity contribution in [1.82, 2.24) is 25.6 Å². The first-order chi connectivity index (χ1) is 14.1. The molecule has 1 amide bonds. The summed E-state index contributed by atoms with van der Waals surface area (Å²) < 4.78 is 15.8. The SMILES string of the molecule is COc1cc(/C=N\NC(=O)Cn2nnc(-c3ccccc3)n2)cc(OC)c1OC. The largest absolute Gasteiger partial charge is 0.493 e. The molecule has 0 radical (unpaired) electrons. The van der Waals surface area contributed by atoms with Crippen LogP contribution in [0.5, 0.6) is 17.2 Å². The molecule has 0 unspecified atom stereocenters. The van der Waals surface area contributed by atoms with Gasteiger partial charge in [0.1, 0.15) is 6.54 Å². The summed E-state index contributed by atoms with van der Waals surface area (Å²) in [5.74, 6) is 1.49. The van der Waals surface area contributed by atoms with Gasteiger partial charge in [0.25, 0.3) is 5.91 Å². The normalized spacial score (nSPS) is 10.7. The Labute approximate surface area is 167 Å². The highest BCUT2D eigenvalue weighted by atomic mass is 16.5. The van der Waals surface area contributed by atoms with E-state index in [0.717, 1.165) is 5.56 Å². The third kappa shape index (κ3) is 4.86. The molecule has 10 nitrogen and oxygen atoms in total. The Kier molecular flexibility index (Phi) is 6.36. The van der Waals surface area contributed by atoms with Crippen LogP contribution in [0.2, 0.25) is 0 Å². The molecule has 29 heavy (non-hydrogen) atoms. The number of ether oxygens (including phenoxy) is 3.